The number of ketones is 1. The first-order chi connectivity index (χ1) is 13.4. The zero-order valence-corrected chi connectivity index (χ0v) is 19.4. The second kappa shape index (κ2) is 7.94. The lowest BCUT2D eigenvalue weighted by Crippen LogP contribution is -2.52. The number of fused-ring (bicyclic) bond motifs is 1. The maximum atomic E-state index is 14.6. The summed E-state index contributed by atoms with van der Waals surface area (Å²) in [5.41, 5.74) is -2.16. The number of para-hydroxylation sites is 1. The highest BCUT2D eigenvalue weighted by molar-refractivity contribution is 9.10. The first-order valence-electron chi connectivity index (χ1n) is 8.84. The van der Waals surface area contributed by atoms with E-state index in [1.165, 1.54) is 6.07 Å². The van der Waals surface area contributed by atoms with Crippen LogP contribution in [0, 0.1) is 0 Å². The van der Waals surface area contributed by atoms with Crippen molar-refractivity contribution in [1.82, 2.24) is 4.98 Å². The number of hydrogen-bond acceptors (Lipinski definition) is 4. The largest absolute Gasteiger partial charge is 0.423 e. The molecule has 3 nitrogen and oxygen atoms in total. The van der Waals surface area contributed by atoms with E-state index in [1.807, 2.05) is 0 Å². The van der Waals surface area contributed by atoms with Gasteiger partial charge in [0.1, 0.15) is 5.01 Å². The Morgan fingerprint density at radius 3 is 2.31 bits per heavy atom. The first-order valence-corrected chi connectivity index (χ1v) is 13.9. The Balaban J connectivity index is 2.19. The molecule has 1 unspecified atom stereocenters. The molecule has 0 saturated heterocycles. The third-order valence-electron chi connectivity index (χ3n) is 4.16. The molecule has 0 N–H and O–H groups in total. The molecule has 0 fully saturated rings. The molecule has 0 saturated carbocycles. The number of carbonyl (C=O) groups is 1. The number of carbonyl (C=O) groups excluding carboxylic acids is 1. The van der Waals surface area contributed by atoms with Gasteiger partial charge in [0.2, 0.25) is 5.60 Å². The molecule has 1 heterocycles. The van der Waals surface area contributed by atoms with E-state index in [1.54, 1.807) is 62.1 Å². The topological polar surface area (TPSA) is 39.2 Å². The van der Waals surface area contributed by atoms with E-state index < -0.39 is 32.3 Å². The minimum absolute atomic E-state index is 0.182. The molecule has 0 aliphatic rings. The molecule has 2 aromatic carbocycles. The molecule has 1 aromatic heterocycles. The predicted octanol–water partition coefficient (Wildman–Crippen LogP) is 6.94. The number of benzene rings is 2. The fourth-order valence-corrected chi connectivity index (χ4v) is 6.03. The zero-order chi connectivity index (χ0) is 21.4. The highest BCUT2D eigenvalue weighted by atomic mass is 79.9. The fourth-order valence-electron chi connectivity index (χ4n) is 3.01. The Morgan fingerprint density at radius 1 is 1.10 bits per heavy atom. The molecule has 29 heavy (non-hydrogen) atoms. The maximum Gasteiger partial charge on any atom is 0.423 e. The van der Waals surface area contributed by atoms with Gasteiger partial charge in [-0.3, -0.25) is 4.79 Å². The Kier molecular flexibility index (Phi) is 6.06. The summed E-state index contributed by atoms with van der Waals surface area (Å²) >= 11 is 4.17. The molecule has 0 spiro atoms. The summed E-state index contributed by atoms with van der Waals surface area (Å²) in [6, 6.07) is 13.3. The SMILES string of the molecule is C[Si](C)(C)OC(CC(=O)c1ccccc1Br)(c1nc2ccccc2s1)C(F)(F)F. The van der Waals surface area contributed by atoms with Gasteiger partial charge >= 0.3 is 6.18 Å². The molecule has 0 aliphatic carbocycles. The number of halogens is 4. The van der Waals surface area contributed by atoms with Crippen LogP contribution in [0.5, 0.6) is 0 Å². The summed E-state index contributed by atoms with van der Waals surface area (Å²) in [5.74, 6) is -0.660. The van der Waals surface area contributed by atoms with Crippen LogP contribution in [-0.2, 0) is 10.0 Å². The van der Waals surface area contributed by atoms with E-state index in [9.17, 15) is 18.0 Å². The van der Waals surface area contributed by atoms with Gasteiger partial charge in [0.25, 0.3) is 0 Å². The first kappa shape index (κ1) is 22.1. The summed E-state index contributed by atoms with van der Waals surface area (Å²) in [6.45, 7) is 5.01. The standard InChI is InChI=1S/C20H19BrF3NO2SSi/c1-29(2,3)27-19(20(22,23)24,12-16(26)13-8-4-5-9-14(13)21)18-25-15-10-6-7-11-17(15)28-18/h4-11H,12H2,1-3H3. The number of nitrogens with zero attached hydrogens (tertiary/aromatic N) is 1. The van der Waals surface area contributed by atoms with Crippen LogP contribution in [-0.4, -0.2) is 25.3 Å². The molecule has 0 amide bonds. The van der Waals surface area contributed by atoms with Crippen molar-refractivity contribution in [1.29, 1.82) is 0 Å². The van der Waals surface area contributed by atoms with Crippen LogP contribution in [0.3, 0.4) is 0 Å². The molecular formula is C20H19BrF3NO2SSi. The van der Waals surface area contributed by atoms with Crippen molar-refractivity contribution < 1.29 is 22.4 Å². The highest BCUT2D eigenvalue weighted by Crippen LogP contribution is 2.49. The molecule has 9 heteroatoms. The van der Waals surface area contributed by atoms with Crippen LogP contribution in [0.1, 0.15) is 21.8 Å². The van der Waals surface area contributed by atoms with Gasteiger partial charge in [-0.1, -0.05) is 46.3 Å². The number of Topliss-reactive ketones (excluding diaryl/α,β-unsaturated/α-hetero) is 1. The van der Waals surface area contributed by atoms with E-state index in [4.69, 9.17) is 4.43 Å². The maximum absolute atomic E-state index is 14.6. The monoisotopic (exact) mass is 501 g/mol. The second-order valence-corrected chi connectivity index (χ2v) is 13.9. The Morgan fingerprint density at radius 2 is 1.72 bits per heavy atom. The molecule has 154 valence electrons. The van der Waals surface area contributed by atoms with Gasteiger partial charge in [-0.2, -0.15) is 13.2 Å². The van der Waals surface area contributed by atoms with E-state index in [2.05, 4.69) is 20.9 Å². The molecule has 3 rings (SSSR count). The van der Waals surface area contributed by atoms with Gasteiger partial charge in [0.05, 0.1) is 16.6 Å². The average molecular weight is 502 g/mol. The zero-order valence-electron chi connectivity index (χ0n) is 16.0. The third kappa shape index (κ3) is 4.63. The van der Waals surface area contributed by atoms with Crippen molar-refractivity contribution in [2.24, 2.45) is 0 Å². The summed E-state index contributed by atoms with van der Waals surface area (Å²) in [6.07, 6.45) is -5.69. The number of hydrogen-bond donors (Lipinski definition) is 0. The molecule has 0 radical (unpaired) electrons. The van der Waals surface area contributed by atoms with Crippen molar-refractivity contribution >= 4 is 51.6 Å². The molecule has 1 atom stereocenters. The number of rotatable bonds is 6. The molecule has 3 aromatic rings. The van der Waals surface area contributed by atoms with Gasteiger partial charge in [0, 0.05) is 10.0 Å². The van der Waals surface area contributed by atoms with Gasteiger partial charge in [-0.15, -0.1) is 11.3 Å². The highest BCUT2D eigenvalue weighted by Gasteiger charge is 2.61. The van der Waals surface area contributed by atoms with Gasteiger partial charge in [-0.05, 0) is 37.8 Å². The van der Waals surface area contributed by atoms with Crippen molar-refractivity contribution in [2.75, 3.05) is 0 Å². The van der Waals surface area contributed by atoms with Crippen LogP contribution in [0.25, 0.3) is 10.2 Å². The van der Waals surface area contributed by atoms with Gasteiger partial charge < -0.3 is 4.43 Å². The number of alkyl halides is 3. The Bertz CT molecular complexity index is 1010. The van der Waals surface area contributed by atoms with Crippen LogP contribution in [0.4, 0.5) is 13.2 Å². The van der Waals surface area contributed by atoms with Crippen molar-refractivity contribution in [3.8, 4) is 0 Å². The molecule has 0 aliphatic heterocycles. The lowest BCUT2D eigenvalue weighted by Gasteiger charge is -2.38. The number of aromatic nitrogens is 1. The second-order valence-electron chi connectivity index (χ2n) is 7.61. The summed E-state index contributed by atoms with van der Waals surface area (Å²) in [7, 11) is -2.73. The average Bonchev–Trinajstić information content (AvgIpc) is 3.03. The predicted molar refractivity (Wildman–Crippen MR) is 115 cm³/mol. The third-order valence-corrected chi connectivity index (χ3v) is 6.99. The van der Waals surface area contributed by atoms with Crippen LogP contribution in [0.2, 0.25) is 19.6 Å². The lowest BCUT2D eigenvalue weighted by molar-refractivity contribution is -0.256. The summed E-state index contributed by atoms with van der Waals surface area (Å²) in [4.78, 5) is 17.2. The minimum atomic E-state index is -4.82. The Labute approximate surface area is 180 Å². The van der Waals surface area contributed by atoms with E-state index >= 15 is 0 Å². The Hall–Kier alpha value is -1.55. The van der Waals surface area contributed by atoms with Crippen molar-refractivity contribution in [2.45, 2.75) is 37.8 Å². The van der Waals surface area contributed by atoms with Crippen molar-refractivity contribution in [3.63, 3.8) is 0 Å². The van der Waals surface area contributed by atoms with E-state index in [0.717, 1.165) is 11.3 Å². The summed E-state index contributed by atoms with van der Waals surface area (Å²) in [5, 5.41) is -0.242. The fraction of sp³-hybridized carbons (Fsp3) is 0.300. The summed E-state index contributed by atoms with van der Waals surface area (Å²) < 4.78 is 50.6. The number of thiazole rings is 1. The van der Waals surface area contributed by atoms with E-state index in [-0.39, 0.29) is 10.6 Å². The molecule has 0 bridgehead atoms. The smallest absolute Gasteiger partial charge is 0.398 e. The van der Waals surface area contributed by atoms with Gasteiger partial charge in [-0.25, -0.2) is 4.98 Å². The van der Waals surface area contributed by atoms with E-state index in [0.29, 0.717) is 14.7 Å². The van der Waals surface area contributed by atoms with Crippen LogP contribution >= 0.6 is 27.3 Å². The van der Waals surface area contributed by atoms with Crippen molar-refractivity contribution in [3.05, 3.63) is 63.6 Å². The van der Waals surface area contributed by atoms with Crippen LogP contribution in [0.15, 0.2) is 53.0 Å². The van der Waals surface area contributed by atoms with Crippen LogP contribution < -0.4 is 0 Å². The normalized spacial score (nSPS) is 14.7. The quantitative estimate of drug-likeness (QED) is 0.271. The lowest BCUT2D eigenvalue weighted by atomic mass is 9.93. The molecular weight excluding hydrogens is 483 g/mol. The van der Waals surface area contributed by atoms with Gasteiger partial charge in [0.15, 0.2) is 14.1 Å². The minimum Gasteiger partial charge on any atom is -0.398 e.